The zero-order valence-corrected chi connectivity index (χ0v) is 18.0. The molecule has 1 amide bonds. The number of nitrogens with zero attached hydrogens (tertiary/aromatic N) is 4. The molecule has 1 heterocycles. The number of hydrogen-bond donors (Lipinski definition) is 1. The van der Waals surface area contributed by atoms with Gasteiger partial charge >= 0.3 is 0 Å². The average Bonchev–Trinajstić information content (AvgIpc) is 3.52. The second kappa shape index (κ2) is 8.90. The maximum atomic E-state index is 12.7. The summed E-state index contributed by atoms with van der Waals surface area (Å²) in [7, 11) is 0. The Kier molecular flexibility index (Phi) is 6.07. The fourth-order valence-corrected chi connectivity index (χ4v) is 4.16. The molecular formula is C22H20ClN5OS. The molecule has 0 saturated heterocycles. The molecule has 30 heavy (non-hydrogen) atoms. The molecule has 1 aliphatic rings. The zero-order chi connectivity index (χ0) is 21.1. The summed E-state index contributed by atoms with van der Waals surface area (Å²) in [4.78, 5) is 12.7. The number of carbonyl (C=O) groups excluding carboxylic acids is 1. The molecule has 1 atom stereocenters. The van der Waals surface area contributed by atoms with Crippen molar-refractivity contribution < 1.29 is 4.79 Å². The number of carbonyl (C=O) groups is 1. The van der Waals surface area contributed by atoms with Crippen LogP contribution in [-0.2, 0) is 11.3 Å². The number of hydrogen-bond acceptors (Lipinski definition) is 5. The van der Waals surface area contributed by atoms with Crippen LogP contribution in [-0.4, -0.2) is 25.9 Å². The average molecular weight is 438 g/mol. The summed E-state index contributed by atoms with van der Waals surface area (Å²) in [5, 5.41) is 21.3. The fourth-order valence-electron chi connectivity index (χ4n) is 3.08. The number of thioether (sulfide) groups is 1. The maximum Gasteiger partial charge on any atom is 0.237 e. The molecule has 1 aromatic heterocycles. The van der Waals surface area contributed by atoms with Gasteiger partial charge in [-0.1, -0.05) is 53.7 Å². The molecule has 8 heteroatoms. The van der Waals surface area contributed by atoms with Crippen LogP contribution in [0.4, 0.5) is 5.69 Å². The molecule has 0 bridgehead atoms. The topological polar surface area (TPSA) is 83.6 Å². The van der Waals surface area contributed by atoms with Gasteiger partial charge in [0.05, 0.1) is 22.4 Å². The highest BCUT2D eigenvalue weighted by Crippen LogP contribution is 2.40. The number of halogens is 1. The van der Waals surface area contributed by atoms with Crippen molar-refractivity contribution in [3.63, 3.8) is 0 Å². The lowest BCUT2D eigenvalue weighted by molar-refractivity contribution is -0.115. The summed E-state index contributed by atoms with van der Waals surface area (Å²) in [6.07, 6.45) is 2.26. The van der Waals surface area contributed by atoms with E-state index in [0.29, 0.717) is 28.7 Å². The van der Waals surface area contributed by atoms with E-state index >= 15 is 0 Å². The van der Waals surface area contributed by atoms with Gasteiger partial charge in [0.2, 0.25) is 5.91 Å². The lowest BCUT2D eigenvalue weighted by Gasteiger charge is -2.14. The van der Waals surface area contributed by atoms with E-state index in [1.807, 2.05) is 31.2 Å². The minimum absolute atomic E-state index is 0.164. The second-order valence-electron chi connectivity index (χ2n) is 7.24. The van der Waals surface area contributed by atoms with Gasteiger partial charge in [0.1, 0.15) is 11.9 Å². The van der Waals surface area contributed by atoms with E-state index in [9.17, 15) is 4.79 Å². The number of benzene rings is 2. The first kappa shape index (κ1) is 20.5. The van der Waals surface area contributed by atoms with E-state index in [-0.39, 0.29) is 11.2 Å². The highest BCUT2D eigenvalue weighted by molar-refractivity contribution is 8.00. The number of nitrogens with one attached hydrogen (secondary N) is 1. The molecule has 0 spiro atoms. The van der Waals surface area contributed by atoms with Gasteiger partial charge in [0, 0.05) is 11.6 Å². The number of aromatic nitrogens is 3. The van der Waals surface area contributed by atoms with Crippen molar-refractivity contribution >= 4 is 35.0 Å². The molecular weight excluding hydrogens is 418 g/mol. The maximum absolute atomic E-state index is 12.7. The second-order valence-corrected chi connectivity index (χ2v) is 8.96. The van der Waals surface area contributed by atoms with Crippen LogP contribution in [0.3, 0.4) is 0 Å². The predicted molar refractivity (Wildman–Crippen MR) is 118 cm³/mol. The van der Waals surface area contributed by atoms with Crippen molar-refractivity contribution in [3.8, 4) is 6.07 Å². The Morgan fingerprint density at radius 1 is 1.30 bits per heavy atom. The summed E-state index contributed by atoms with van der Waals surface area (Å²) in [5.74, 6) is 1.29. The minimum Gasteiger partial charge on any atom is -0.325 e. The third-order valence-electron chi connectivity index (χ3n) is 4.88. The molecule has 1 unspecified atom stereocenters. The van der Waals surface area contributed by atoms with Crippen molar-refractivity contribution in [3.05, 3.63) is 70.5 Å². The smallest absolute Gasteiger partial charge is 0.237 e. The molecule has 4 rings (SSSR count). The van der Waals surface area contributed by atoms with Gasteiger partial charge in [-0.2, -0.15) is 5.26 Å². The van der Waals surface area contributed by atoms with E-state index in [1.54, 1.807) is 18.2 Å². The number of anilines is 1. The van der Waals surface area contributed by atoms with E-state index in [2.05, 4.69) is 32.2 Å². The van der Waals surface area contributed by atoms with E-state index in [0.717, 1.165) is 23.8 Å². The normalized spacial score (nSPS) is 14.2. The van der Waals surface area contributed by atoms with Crippen molar-refractivity contribution in [1.82, 2.24) is 14.8 Å². The fraction of sp³-hybridized carbons (Fsp3) is 0.273. The third-order valence-corrected chi connectivity index (χ3v) is 6.27. The van der Waals surface area contributed by atoms with Crippen LogP contribution in [0.5, 0.6) is 0 Å². The Bertz CT molecular complexity index is 1100. The van der Waals surface area contributed by atoms with Gasteiger partial charge < -0.3 is 9.88 Å². The van der Waals surface area contributed by atoms with Gasteiger partial charge in [-0.05, 0) is 43.5 Å². The van der Waals surface area contributed by atoms with Crippen LogP contribution in [0.2, 0.25) is 5.02 Å². The quantitative estimate of drug-likeness (QED) is 0.534. The molecule has 0 radical (unpaired) electrons. The molecule has 6 nitrogen and oxygen atoms in total. The van der Waals surface area contributed by atoms with Gasteiger partial charge in [-0.15, -0.1) is 10.2 Å². The first-order valence-electron chi connectivity index (χ1n) is 9.69. The molecule has 0 aliphatic heterocycles. The Balaban J connectivity index is 1.48. The lowest BCUT2D eigenvalue weighted by atomic mass is 10.2. The SMILES string of the molecule is CC(Sc1nnc(C2CC2)n1Cc1ccccc1)C(=O)Nc1ccc(C#N)c(Cl)c1. The van der Waals surface area contributed by atoms with E-state index in [4.69, 9.17) is 16.9 Å². The third kappa shape index (κ3) is 4.66. The summed E-state index contributed by atoms with van der Waals surface area (Å²) in [6.45, 7) is 2.52. The number of rotatable bonds is 7. The van der Waals surface area contributed by atoms with Crippen molar-refractivity contribution in [1.29, 1.82) is 5.26 Å². The van der Waals surface area contributed by atoms with Crippen LogP contribution < -0.4 is 5.32 Å². The Hall–Kier alpha value is -2.82. The molecule has 3 aromatic rings. The van der Waals surface area contributed by atoms with Crippen molar-refractivity contribution in [2.24, 2.45) is 0 Å². The molecule has 2 aromatic carbocycles. The van der Waals surface area contributed by atoms with Crippen LogP contribution in [0.25, 0.3) is 0 Å². The molecule has 152 valence electrons. The standard InChI is InChI=1S/C22H20ClN5OS/c1-14(21(29)25-18-10-9-17(12-24)19(23)11-18)30-22-27-26-20(16-7-8-16)28(22)13-15-5-3-2-4-6-15/h2-6,9-11,14,16H,7-8,13H2,1H3,(H,25,29). The molecule has 1 aliphatic carbocycles. The van der Waals surface area contributed by atoms with Gasteiger partial charge in [0.25, 0.3) is 0 Å². The van der Waals surface area contributed by atoms with Crippen LogP contribution in [0.1, 0.15) is 42.6 Å². The van der Waals surface area contributed by atoms with E-state index < -0.39 is 0 Å². The molecule has 1 fully saturated rings. The van der Waals surface area contributed by atoms with Gasteiger partial charge in [0.15, 0.2) is 5.16 Å². The largest absolute Gasteiger partial charge is 0.325 e. The van der Waals surface area contributed by atoms with Gasteiger partial charge in [-0.3, -0.25) is 4.79 Å². The van der Waals surface area contributed by atoms with Crippen molar-refractivity contribution in [2.45, 2.75) is 42.6 Å². The summed E-state index contributed by atoms with van der Waals surface area (Å²) in [5.41, 5.74) is 2.10. The Labute approximate surface area is 184 Å². The highest BCUT2D eigenvalue weighted by atomic mass is 35.5. The van der Waals surface area contributed by atoms with Crippen LogP contribution in [0, 0.1) is 11.3 Å². The molecule has 1 saturated carbocycles. The van der Waals surface area contributed by atoms with Crippen LogP contribution in [0.15, 0.2) is 53.7 Å². The first-order chi connectivity index (χ1) is 14.5. The molecule has 1 N–H and O–H groups in total. The van der Waals surface area contributed by atoms with Crippen LogP contribution >= 0.6 is 23.4 Å². The summed E-state index contributed by atoms with van der Waals surface area (Å²) < 4.78 is 2.13. The monoisotopic (exact) mass is 437 g/mol. The minimum atomic E-state index is -0.384. The van der Waals surface area contributed by atoms with Gasteiger partial charge in [-0.25, -0.2) is 0 Å². The summed E-state index contributed by atoms with van der Waals surface area (Å²) >= 11 is 7.44. The van der Waals surface area contributed by atoms with E-state index in [1.165, 1.54) is 17.3 Å². The zero-order valence-electron chi connectivity index (χ0n) is 16.4. The lowest BCUT2D eigenvalue weighted by Crippen LogP contribution is -2.23. The Morgan fingerprint density at radius 2 is 2.07 bits per heavy atom. The highest BCUT2D eigenvalue weighted by Gasteiger charge is 2.31. The van der Waals surface area contributed by atoms with Crippen molar-refractivity contribution in [2.75, 3.05) is 5.32 Å². The number of amides is 1. The summed E-state index contributed by atoms with van der Waals surface area (Å²) in [6, 6.07) is 17.0. The first-order valence-corrected chi connectivity index (χ1v) is 10.9. The predicted octanol–water partition coefficient (Wildman–Crippen LogP) is 4.85. The Morgan fingerprint density at radius 3 is 2.73 bits per heavy atom. The number of nitriles is 1.